The van der Waals surface area contributed by atoms with Gasteiger partial charge in [-0.15, -0.1) is 6.58 Å². The fourth-order valence-corrected chi connectivity index (χ4v) is 2.01. The molecule has 1 aromatic heterocycles. The fourth-order valence-electron chi connectivity index (χ4n) is 2.01. The van der Waals surface area contributed by atoms with Gasteiger partial charge in [0.25, 0.3) is 0 Å². The summed E-state index contributed by atoms with van der Waals surface area (Å²) in [6.45, 7) is 6.30. The molecule has 2 N–H and O–H groups in total. The van der Waals surface area contributed by atoms with Gasteiger partial charge in [0.15, 0.2) is 0 Å². The zero-order chi connectivity index (χ0) is 13.8. The first-order valence-corrected chi connectivity index (χ1v) is 6.24. The Hall–Kier alpha value is -2.23. The third-order valence-electron chi connectivity index (χ3n) is 3.04. The molecule has 0 aliphatic rings. The van der Waals surface area contributed by atoms with Gasteiger partial charge >= 0.3 is 5.97 Å². The Kier molecular flexibility index (Phi) is 3.90. The summed E-state index contributed by atoms with van der Waals surface area (Å²) in [6.07, 6.45) is 3.89. The van der Waals surface area contributed by atoms with E-state index in [4.69, 9.17) is 9.52 Å². The van der Waals surface area contributed by atoms with Crippen LogP contribution in [0.15, 0.2) is 35.3 Å². The van der Waals surface area contributed by atoms with Crippen LogP contribution in [0.25, 0.3) is 11.0 Å². The molecule has 0 aliphatic carbocycles. The predicted molar refractivity (Wildman–Crippen MR) is 75.8 cm³/mol. The van der Waals surface area contributed by atoms with E-state index in [9.17, 15) is 4.79 Å². The van der Waals surface area contributed by atoms with Gasteiger partial charge in [0.05, 0.1) is 0 Å². The van der Waals surface area contributed by atoms with Crippen molar-refractivity contribution in [2.24, 2.45) is 0 Å². The molecule has 1 heterocycles. The van der Waals surface area contributed by atoms with Gasteiger partial charge in [0, 0.05) is 23.2 Å². The van der Waals surface area contributed by atoms with Gasteiger partial charge in [-0.2, -0.15) is 0 Å². The van der Waals surface area contributed by atoms with E-state index in [0.29, 0.717) is 11.1 Å². The lowest BCUT2D eigenvalue weighted by atomic mass is 10.1. The summed E-state index contributed by atoms with van der Waals surface area (Å²) < 4.78 is 5.32. The number of furan rings is 1. The van der Waals surface area contributed by atoms with Crippen LogP contribution >= 0.6 is 0 Å². The topological polar surface area (TPSA) is 62.5 Å². The number of aromatic carboxylic acids is 1. The van der Waals surface area contributed by atoms with Crippen molar-refractivity contribution in [3.63, 3.8) is 0 Å². The zero-order valence-corrected chi connectivity index (χ0v) is 10.9. The molecule has 2 aromatic rings. The molecule has 19 heavy (non-hydrogen) atoms. The molecular formula is C15H17NO3. The van der Waals surface area contributed by atoms with E-state index in [2.05, 4.69) is 11.9 Å². The van der Waals surface area contributed by atoms with Crippen molar-refractivity contribution < 1.29 is 14.3 Å². The van der Waals surface area contributed by atoms with Crippen molar-refractivity contribution in [1.82, 2.24) is 0 Å². The molecule has 0 unspecified atom stereocenters. The van der Waals surface area contributed by atoms with Crippen LogP contribution in [-0.4, -0.2) is 17.6 Å². The number of aryl methyl sites for hydroxylation is 1. The number of carboxylic acids is 1. The molecule has 4 nitrogen and oxygen atoms in total. The van der Waals surface area contributed by atoms with E-state index in [1.54, 1.807) is 13.0 Å². The minimum absolute atomic E-state index is 0.0128. The van der Waals surface area contributed by atoms with Crippen LogP contribution in [0.3, 0.4) is 0 Å². The SMILES string of the molecule is C=CCCCNc1ccc2oc(C(=O)O)c(C)c2c1. The Morgan fingerprint density at radius 1 is 1.53 bits per heavy atom. The van der Waals surface area contributed by atoms with E-state index >= 15 is 0 Å². The Morgan fingerprint density at radius 2 is 2.32 bits per heavy atom. The van der Waals surface area contributed by atoms with Crippen LogP contribution < -0.4 is 5.32 Å². The van der Waals surface area contributed by atoms with Crippen LogP contribution in [0.5, 0.6) is 0 Å². The highest BCUT2D eigenvalue weighted by molar-refractivity contribution is 5.95. The minimum Gasteiger partial charge on any atom is -0.475 e. The lowest BCUT2D eigenvalue weighted by molar-refractivity contribution is 0.0664. The Morgan fingerprint density at radius 3 is 3.00 bits per heavy atom. The maximum Gasteiger partial charge on any atom is 0.372 e. The van der Waals surface area contributed by atoms with Gasteiger partial charge in [-0.1, -0.05) is 6.08 Å². The summed E-state index contributed by atoms with van der Waals surface area (Å²) in [4.78, 5) is 11.0. The van der Waals surface area contributed by atoms with E-state index in [0.717, 1.165) is 30.5 Å². The second-order valence-corrected chi connectivity index (χ2v) is 4.43. The molecule has 100 valence electrons. The fraction of sp³-hybridized carbons (Fsp3) is 0.267. The zero-order valence-electron chi connectivity index (χ0n) is 10.9. The van der Waals surface area contributed by atoms with Gasteiger partial charge < -0.3 is 14.8 Å². The average Bonchev–Trinajstić information content (AvgIpc) is 2.72. The van der Waals surface area contributed by atoms with Gasteiger partial charge in [-0.3, -0.25) is 0 Å². The maximum atomic E-state index is 11.0. The molecule has 0 atom stereocenters. The summed E-state index contributed by atoms with van der Waals surface area (Å²) in [5, 5.41) is 13.2. The summed E-state index contributed by atoms with van der Waals surface area (Å²) >= 11 is 0. The number of unbranched alkanes of at least 4 members (excludes halogenated alkanes) is 1. The Bertz CT molecular complexity index is 613. The largest absolute Gasteiger partial charge is 0.475 e. The van der Waals surface area contributed by atoms with Crippen molar-refractivity contribution in [2.75, 3.05) is 11.9 Å². The first kappa shape index (κ1) is 13.2. The molecule has 0 bridgehead atoms. The van der Waals surface area contributed by atoms with Crippen molar-refractivity contribution >= 4 is 22.6 Å². The normalized spacial score (nSPS) is 10.6. The highest BCUT2D eigenvalue weighted by atomic mass is 16.4. The third kappa shape index (κ3) is 2.78. The van der Waals surface area contributed by atoms with Crippen LogP contribution in [0.4, 0.5) is 5.69 Å². The standard InChI is InChI=1S/C15H17NO3/c1-3-4-5-8-16-11-6-7-13-12(9-11)10(2)14(19-13)15(17)18/h3,6-7,9,16H,1,4-5,8H2,2H3,(H,17,18). The predicted octanol–water partition coefficient (Wildman–Crippen LogP) is 3.82. The quantitative estimate of drug-likeness (QED) is 0.611. The molecule has 4 heteroatoms. The third-order valence-corrected chi connectivity index (χ3v) is 3.04. The molecule has 0 radical (unpaired) electrons. The Labute approximate surface area is 111 Å². The lowest BCUT2D eigenvalue weighted by Crippen LogP contribution is -2.00. The molecule has 0 aliphatic heterocycles. The Balaban J connectivity index is 2.22. The molecular weight excluding hydrogens is 242 g/mol. The molecule has 2 rings (SSSR count). The summed E-state index contributed by atoms with van der Waals surface area (Å²) in [6, 6.07) is 5.62. The number of allylic oxidation sites excluding steroid dienone is 1. The molecule has 0 saturated carbocycles. The molecule has 0 spiro atoms. The van der Waals surface area contributed by atoms with Crippen LogP contribution in [0, 0.1) is 6.92 Å². The van der Waals surface area contributed by atoms with Gasteiger partial charge in [0.2, 0.25) is 5.76 Å². The maximum absolute atomic E-state index is 11.0. The highest BCUT2D eigenvalue weighted by Gasteiger charge is 2.16. The number of fused-ring (bicyclic) bond motifs is 1. The lowest BCUT2D eigenvalue weighted by Gasteiger charge is -2.05. The second kappa shape index (κ2) is 5.61. The first-order valence-electron chi connectivity index (χ1n) is 6.24. The van der Waals surface area contributed by atoms with Crippen LogP contribution in [0.2, 0.25) is 0 Å². The van der Waals surface area contributed by atoms with Crippen molar-refractivity contribution in [1.29, 1.82) is 0 Å². The van der Waals surface area contributed by atoms with E-state index in [-0.39, 0.29) is 5.76 Å². The molecule has 1 aromatic carbocycles. The van der Waals surface area contributed by atoms with Gasteiger partial charge in [-0.05, 0) is 38.0 Å². The number of carbonyl (C=O) groups is 1. The summed E-state index contributed by atoms with van der Waals surface area (Å²) in [5.74, 6) is -1.02. The first-order chi connectivity index (χ1) is 9.13. The van der Waals surface area contributed by atoms with E-state index in [1.165, 1.54) is 0 Å². The number of hydrogen-bond donors (Lipinski definition) is 2. The number of hydrogen-bond acceptors (Lipinski definition) is 3. The van der Waals surface area contributed by atoms with Crippen molar-refractivity contribution in [2.45, 2.75) is 19.8 Å². The number of anilines is 1. The number of rotatable bonds is 6. The van der Waals surface area contributed by atoms with Gasteiger partial charge in [0.1, 0.15) is 5.58 Å². The van der Waals surface area contributed by atoms with Crippen molar-refractivity contribution in [3.8, 4) is 0 Å². The highest BCUT2D eigenvalue weighted by Crippen LogP contribution is 2.27. The number of benzene rings is 1. The smallest absolute Gasteiger partial charge is 0.372 e. The van der Waals surface area contributed by atoms with Crippen LogP contribution in [0.1, 0.15) is 29.0 Å². The average molecular weight is 259 g/mol. The molecule has 0 saturated heterocycles. The van der Waals surface area contributed by atoms with E-state index in [1.807, 2.05) is 18.2 Å². The summed E-state index contributed by atoms with van der Waals surface area (Å²) in [7, 11) is 0. The van der Waals surface area contributed by atoms with Crippen LogP contribution in [-0.2, 0) is 0 Å². The second-order valence-electron chi connectivity index (χ2n) is 4.43. The minimum atomic E-state index is -1.03. The van der Waals surface area contributed by atoms with Gasteiger partial charge in [-0.25, -0.2) is 4.79 Å². The monoisotopic (exact) mass is 259 g/mol. The van der Waals surface area contributed by atoms with E-state index < -0.39 is 5.97 Å². The number of nitrogens with one attached hydrogen (secondary N) is 1. The van der Waals surface area contributed by atoms with Crippen molar-refractivity contribution in [3.05, 3.63) is 42.2 Å². The summed E-state index contributed by atoms with van der Waals surface area (Å²) in [5.41, 5.74) is 2.24. The number of carboxylic acid groups (broad SMARTS) is 1. The molecule has 0 fully saturated rings. The molecule has 0 amide bonds.